The summed E-state index contributed by atoms with van der Waals surface area (Å²) in [5.41, 5.74) is 8.47. The Kier molecular flexibility index (Phi) is 2.20. The zero-order chi connectivity index (χ0) is 13.1. The van der Waals surface area contributed by atoms with E-state index in [1.807, 2.05) is 6.07 Å². The maximum absolute atomic E-state index is 13.6. The molecule has 4 rings (SSSR count). The molecule has 2 aliphatic rings. The highest BCUT2D eigenvalue weighted by Gasteiger charge is 2.43. The number of hydrogen-bond donors (Lipinski definition) is 1. The van der Waals surface area contributed by atoms with Crippen molar-refractivity contribution in [2.75, 3.05) is 5.73 Å². The predicted octanol–water partition coefficient (Wildman–Crippen LogP) is 3.43. The molecule has 0 unspecified atom stereocenters. The van der Waals surface area contributed by atoms with Crippen LogP contribution < -0.4 is 5.73 Å². The van der Waals surface area contributed by atoms with E-state index >= 15 is 0 Å². The number of benzene rings is 1. The molecule has 3 nitrogen and oxygen atoms in total. The number of aromatic nitrogens is 2. The molecule has 2 aromatic rings. The van der Waals surface area contributed by atoms with Crippen LogP contribution in [-0.2, 0) is 0 Å². The van der Waals surface area contributed by atoms with Gasteiger partial charge < -0.3 is 10.3 Å². The molecule has 100 valence electrons. The van der Waals surface area contributed by atoms with Gasteiger partial charge in [0.05, 0.1) is 11.0 Å². The lowest BCUT2D eigenvalue weighted by molar-refractivity contribution is 0.409. The first kappa shape index (κ1) is 11.3. The van der Waals surface area contributed by atoms with Gasteiger partial charge in [0.1, 0.15) is 5.82 Å². The smallest absolute Gasteiger partial charge is 0.201 e. The fraction of sp³-hybridized carbons (Fsp3) is 0.533. The van der Waals surface area contributed by atoms with Crippen LogP contribution in [0.5, 0.6) is 0 Å². The van der Waals surface area contributed by atoms with Gasteiger partial charge in [0.25, 0.3) is 0 Å². The number of nitrogens with zero attached hydrogens (tertiary/aromatic N) is 2. The summed E-state index contributed by atoms with van der Waals surface area (Å²) >= 11 is 0. The summed E-state index contributed by atoms with van der Waals surface area (Å²) in [7, 11) is 0. The zero-order valence-electron chi connectivity index (χ0n) is 11.1. The number of imidazole rings is 1. The van der Waals surface area contributed by atoms with Gasteiger partial charge in [-0.3, -0.25) is 0 Å². The lowest BCUT2D eigenvalue weighted by atomic mass is 10.1. The van der Waals surface area contributed by atoms with Gasteiger partial charge in [0.15, 0.2) is 0 Å². The van der Waals surface area contributed by atoms with Crippen LogP contribution in [0.4, 0.5) is 10.3 Å². The molecule has 4 heteroatoms. The molecule has 0 spiro atoms. The number of hydrogen-bond acceptors (Lipinski definition) is 2. The van der Waals surface area contributed by atoms with Gasteiger partial charge in [0.2, 0.25) is 5.95 Å². The molecule has 1 aromatic heterocycles. The van der Waals surface area contributed by atoms with Crippen LogP contribution >= 0.6 is 0 Å². The Hall–Kier alpha value is -1.58. The molecule has 2 saturated carbocycles. The van der Waals surface area contributed by atoms with E-state index in [1.54, 1.807) is 6.92 Å². The van der Waals surface area contributed by atoms with Gasteiger partial charge in [-0.2, -0.15) is 0 Å². The standard InChI is InChI=1S/C15H18FN3/c1-8-6-13-12(7-11(8)16)18-15(17)19(13)14(9-2-3-9)10-4-5-10/h6-7,9-10,14H,2-5H2,1H3,(H2,17,18). The normalized spacial score (nSPS) is 19.5. The number of rotatable bonds is 3. The van der Waals surface area contributed by atoms with Crippen LogP contribution in [-0.4, -0.2) is 9.55 Å². The van der Waals surface area contributed by atoms with Gasteiger partial charge in [-0.1, -0.05) is 0 Å². The molecule has 0 aliphatic heterocycles. The first-order valence-corrected chi connectivity index (χ1v) is 7.08. The quantitative estimate of drug-likeness (QED) is 0.917. The highest BCUT2D eigenvalue weighted by atomic mass is 19.1. The van der Waals surface area contributed by atoms with Crippen molar-refractivity contribution in [1.29, 1.82) is 0 Å². The van der Waals surface area contributed by atoms with E-state index in [0.29, 0.717) is 23.1 Å². The summed E-state index contributed by atoms with van der Waals surface area (Å²) in [5.74, 6) is 1.84. The molecule has 2 fully saturated rings. The molecular weight excluding hydrogens is 241 g/mol. The lowest BCUT2D eigenvalue weighted by Gasteiger charge is -2.20. The topological polar surface area (TPSA) is 43.8 Å². The summed E-state index contributed by atoms with van der Waals surface area (Å²) < 4.78 is 15.8. The van der Waals surface area contributed by atoms with Crippen molar-refractivity contribution >= 4 is 17.0 Å². The third-order valence-corrected chi connectivity index (χ3v) is 4.51. The molecule has 0 saturated heterocycles. The van der Waals surface area contributed by atoms with Crippen LogP contribution in [0.25, 0.3) is 11.0 Å². The maximum atomic E-state index is 13.6. The highest BCUT2D eigenvalue weighted by Crippen LogP contribution is 2.53. The SMILES string of the molecule is Cc1cc2c(cc1F)nc(N)n2C(C1CC1)C1CC1. The first-order chi connectivity index (χ1) is 9.15. The van der Waals surface area contributed by atoms with Crippen molar-refractivity contribution in [3.8, 4) is 0 Å². The van der Waals surface area contributed by atoms with Crippen molar-refractivity contribution in [2.45, 2.75) is 38.6 Å². The van der Waals surface area contributed by atoms with E-state index in [9.17, 15) is 4.39 Å². The third kappa shape index (κ3) is 1.73. The summed E-state index contributed by atoms with van der Waals surface area (Å²) in [6.45, 7) is 1.80. The van der Waals surface area contributed by atoms with Crippen molar-refractivity contribution in [3.05, 3.63) is 23.5 Å². The van der Waals surface area contributed by atoms with Crippen molar-refractivity contribution in [1.82, 2.24) is 9.55 Å². The molecule has 0 amide bonds. The van der Waals surface area contributed by atoms with E-state index in [2.05, 4.69) is 9.55 Å². The number of nitrogen functional groups attached to an aromatic ring is 1. The second-order valence-electron chi connectivity index (χ2n) is 6.10. The molecule has 2 N–H and O–H groups in total. The number of aryl methyl sites for hydroxylation is 1. The minimum Gasteiger partial charge on any atom is -0.369 e. The van der Waals surface area contributed by atoms with Crippen LogP contribution in [0.1, 0.15) is 37.3 Å². The Morgan fingerprint density at radius 2 is 1.89 bits per heavy atom. The van der Waals surface area contributed by atoms with Gasteiger partial charge >= 0.3 is 0 Å². The van der Waals surface area contributed by atoms with E-state index in [4.69, 9.17) is 5.73 Å². The summed E-state index contributed by atoms with van der Waals surface area (Å²) in [5, 5.41) is 0. The molecular formula is C15H18FN3. The van der Waals surface area contributed by atoms with Gasteiger partial charge in [-0.25, -0.2) is 9.37 Å². The largest absolute Gasteiger partial charge is 0.369 e. The van der Waals surface area contributed by atoms with Crippen LogP contribution in [0.15, 0.2) is 12.1 Å². The Balaban J connectivity index is 1.92. The summed E-state index contributed by atoms with van der Waals surface area (Å²) in [6, 6.07) is 3.88. The monoisotopic (exact) mass is 259 g/mol. The maximum Gasteiger partial charge on any atom is 0.201 e. The van der Waals surface area contributed by atoms with Gasteiger partial charge in [-0.15, -0.1) is 0 Å². The highest BCUT2D eigenvalue weighted by molar-refractivity contribution is 5.79. The van der Waals surface area contributed by atoms with Crippen molar-refractivity contribution in [3.63, 3.8) is 0 Å². The van der Waals surface area contributed by atoms with Crippen LogP contribution in [0.2, 0.25) is 0 Å². The van der Waals surface area contributed by atoms with E-state index in [0.717, 1.165) is 17.4 Å². The molecule has 0 radical (unpaired) electrons. The first-order valence-electron chi connectivity index (χ1n) is 7.08. The lowest BCUT2D eigenvalue weighted by Crippen LogP contribution is -2.15. The minimum atomic E-state index is -0.202. The third-order valence-electron chi connectivity index (χ3n) is 4.51. The summed E-state index contributed by atoms with van der Waals surface area (Å²) in [4.78, 5) is 4.36. The van der Waals surface area contributed by atoms with Crippen LogP contribution in [0, 0.1) is 24.6 Å². The Bertz CT molecular complexity index is 641. The Morgan fingerprint density at radius 3 is 2.47 bits per heavy atom. The average molecular weight is 259 g/mol. The summed E-state index contributed by atoms with van der Waals surface area (Å²) in [6.07, 6.45) is 5.17. The van der Waals surface area contributed by atoms with Crippen LogP contribution in [0.3, 0.4) is 0 Å². The zero-order valence-corrected chi connectivity index (χ0v) is 11.1. The number of halogens is 1. The van der Waals surface area contributed by atoms with Gasteiger partial charge in [-0.05, 0) is 56.1 Å². The van der Waals surface area contributed by atoms with E-state index < -0.39 is 0 Å². The second kappa shape index (κ2) is 3.71. The number of anilines is 1. The molecule has 2 aliphatic carbocycles. The number of nitrogens with two attached hydrogens (primary N) is 1. The minimum absolute atomic E-state index is 0.202. The second-order valence-corrected chi connectivity index (χ2v) is 6.10. The Morgan fingerprint density at radius 1 is 1.26 bits per heavy atom. The molecule has 1 heterocycles. The van der Waals surface area contributed by atoms with E-state index in [-0.39, 0.29) is 5.82 Å². The van der Waals surface area contributed by atoms with Crippen molar-refractivity contribution < 1.29 is 4.39 Å². The average Bonchev–Trinajstić information content (AvgIpc) is 3.24. The fourth-order valence-corrected chi connectivity index (χ4v) is 3.23. The molecule has 0 atom stereocenters. The predicted molar refractivity (Wildman–Crippen MR) is 73.3 cm³/mol. The van der Waals surface area contributed by atoms with Gasteiger partial charge in [0, 0.05) is 12.1 Å². The molecule has 19 heavy (non-hydrogen) atoms. The molecule has 1 aromatic carbocycles. The fourth-order valence-electron chi connectivity index (χ4n) is 3.23. The van der Waals surface area contributed by atoms with E-state index in [1.165, 1.54) is 31.7 Å². The Labute approximate surface area is 111 Å². The molecule has 0 bridgehead atoms. The number of fused-ring (bicyclic) bond motifs is 1. The van der Waals surface area contributed by atoms with Crippen molar-refractivity contribution in [2.24, 2.45) is 11.8 Å².